The van der Waals surface area contributed by atoms with Crippen molar-refractivity contribution in [3.63, 3.8) is 0 Å². The maximum atomic E-state index is 12.5. The van der Waals surface area contributed by atoms with Gasteiger partial charge in [0.15, 0.2) is 0 Å². The van der Waals surface area contributed by atoms with Crippen molar-refractivity contribution in [2.75, 3.05) is 0 Å². The molecule has 0 atom stereocenters. The highest BCUT2D eigenvalue weighted by Crippen LogP contribution is 2.35. The molecule has 1 N–H and O–H groups in total. The normalized spacial score (nSPS) is 11.6. The number of rotatable bonds is 4. The van der Waals surface area contributed by atoms with Crippen LogP contribution >= 0.6 is 23.4 Å². The molecule has 0 amide bonds. The first-order valence-electron chi connectivity index (χ1n) is 5.16. The Labute approximate surface area is 124 Å². The number of nitrogens with zero attached hydrogens (tertiary/aromatic N) is 5. The molecule has 0 aliphatic rings. The first-order valence-corrected chi connectivity index (χ1v) is 6.35. The van der Waals surface area contributed by atoms with Crippen LogP contribution in [0.5, 0.6) is 0 Å². The number of aromatic nitrogens is 5. The van der Waals surface area contributed by atoms with Gasteiger partial charge in [-0.15, -0.1) is 5.10 Å². The van der Waals surface area contributed by atoms with Crippen LogP contribution in [0.25, 0.3) is 0 Å². The molecule has 112 valence electrons. The molecule has 0 radical (unpaired) electrons. The van der Waals surface area contributed by atoms with E-state index in [0.29, 0.717) is 6.20 Å². The predicted octanol–water partition coefficient (Wildman–Crippen LogP) is 1.98. The highest BCUT2D eigenvalue weighted by Gasteiger charge is 2.31. The lowest BCUT2D eigenvalue weighted by molar-refractivity contribution is -0.138. The second-order valence-corrected chi connectivity index (χ2v) is 4.99. The molecule has 0 fully saturated rings. The second-order valence-electron chi connectivity index (χ2n) is 3.62. The van der Waals surface area contributed by atoms with Crippen LogP contribution in [0, 0.1) is 0 Å². The third-order valence-electron chi connectivity index (χ3n) is 2.11. The smallest absolute Gasteiger partial charge is 0.417 e. The van der Waals surface area contributed by atoms with Crippen LogP contribution in [0.1, 0.15) is 5.56 Å². The lowest BCUT2D eigenvalue weighted by atomic mass is 10.3. The molecule has 2 heterocycles. The van der Waals surface area contributed by atoms with Gasteiger partial charge in [0.1, 0.15) is 11.6 Å². The van der Waals surface area contributed by atoms with Crippen molar-refractivity contribution in [1.29, 1.82) is 0 Å². The molecule has 2 aromatic rings. The van der Waals surface area contributed by atoms with Gasteiger partial charge in [0, 0.05) is 6.20 Å². The average molecular weight is 340 g/mol. The minimum atomic E-state index is -4.55. The maximum absolute atomic E-state index is 12.5. The molecule has 0 spiro atoms. The van der Waals surface area contributed by atoms with Gasteiger partial charge < -0.3 is 5.11 Å². The van der Waals surface area contributed by atoms with E-state index in [1.54, 1.807) is 0 Å². The minimum Gasteiger partial charge on any atom is -0.480 e. The van der Waals surface area contributed by atoms with Crippen molar-refractivity contribution in [2.24, 2.45) is 0 Å². The van der Waals surface area contributed by atoms with Gasteiger partial charge >= 0.3 is 12.1 Å². The van der Waals surface area contributed by atoms with Gasteiger partial charge in [-0.3, -0.25) is 4.79 Å². The predicted molar refractivity (Wildman–Crippen MR) is 63.8 cm³/mol. The zero-order valence-electron chi connectivity index (χ0n) is 9.87. The molecule has 2 aromatic heterocycles. The van der Waals surface area contributed by atoms with Crippen LogP contribution < -0.4 is 0 Å². The number of hydrogen-bond donors (Lipinski definition) is 1. The summed E-state index contributed by atoms with van der Waals surface area (Å²) in [6, 6.07) is 0.724. The zero-order chi connectivity index (χ0) is 15.6. The van der Waals surface area contributed by atoms with Crippen LogP contribution in [0.15, 0.2) is 22.4 Å². The summed E-state index contributed by atoms with van der Waals surface area (Å²) < 4.78 is 38.4. The molecule has 0 aliphatic carbocycles. The van der Waals surface area contributed by atoms with Gasteiger partial charge in [-0.2, -0.15) is 13.2 Å². The van der Waals surface area contributed by atoms with Gasteiger partial charge in [-0.25, -0.2) is 9.67 Å². The van der Waals surface area contributed by atoms with Gasteiger partial charge in [0.2, 0.25) is 5.16 Å². The molecule has 21 heavy (non-hydrogen) atoms. The average Bonchev–Trinajstić information content (AvgIpc) is 2.77. The molecular formula is C9H5ClF3N5O2S. The number of carbonyl (C=O) groups is 1. The van der Waals surface area contributed by atoms with Crippen molar-refractivity contribution in [2.45, 2.75) is 22.9 Å². The molecule has 2 rings (SSSR count). The molecule has 0 aliphatic heterocycles. The van der Waals surface area contributed by atoms with E-state index >= 15 is 0 Å². The Morgan fingerprint density at radius 2 is 2.19 bits per heavy atom. The number of aliphatic carboxylic acids is 1. The summed E-state index contributed by atoms with van der Waals surface area (Å²) in [5.74, 6) is -1.17. The molecule has 0 saturated carbocycles. The molecule has 12 heteroatoms. The first kappa shape index (κ1) is 15.5. The molecule has 0 aromatic carbocycles. The SMILES string of the molecule is O=C(O)Cn1nnnc1Sc1ncc(C(F)(F)F)cc1Cl. The summed E-state index contributed by atoms with van der Waals surface area (Å²) in [6.45, 7) is -0.492. The second kappa shape index (κ2) is 5.85. The van der Waals surface area contributed by atoms with E-state index < -0.39 is 24.3 Å². The third kappa shape index (κ3) is 3.82. The quantitative estimate of drug-likeness (QED) is 0.910. The number of carboxylic acid groups (broad SMARTS) is 1. The van der Waals surface area contributed by atoms with E-state index in [2.05, 4.69) is 20.5 Å². The van der Waals surface area contributed by atoms with Crippen molar-refractivity contribution >= 4 is 29.3 Å². The lowest BCUT2D eigenvalue weighted by Crippen LogP contribution is -2.11. The summed E-state index contributed by atoms with van der Waals surface area (Å²) in [5, 5.41) is 18.8. The Morgan fingerprint density at radius 3 is 2.76 bits per heavy atom. The van der Waals surface area contributed by atoms with Crippen LogP contribution in [-0.4, -0.2) is 36.3 Å². The van der Waals surface area contributed by atoms with Crippen molar-refractivity contribution in [3.8, 4) is 0 Å². The number of carboxylic acids is 1. The summed E-state index contributed by atoms with van der Waals surface area (Å²) in [6.07, 6.45) is -3.93. The summed E-state index contributed by atoms with van der Waals surface area (Å²) in [5.41, 5.74) is -0.984. The number of pyridine rings is 1. The number of alkyl halides is 3. The zero-order valence-corrected chi connectivity index (χ0v) is 11.4. The lowest BCUT2D eigenvalue weighted by Gasteiger charge is -2.08. The summed E-state index contributed by atoms with van der Waals surface area (Å²) in [4.78, 5) is 14.2. The Hall–Kier alpha value is -1.88. The van der Waals surface area contributed by atoms with Crippen molar-refractivity contribution < 1.29 is 23.1 Å². The maximum Gasteiger partial charge on any atom is 0.417 e. The first-order chi connectivity index (χ1) is 9.77. The summed E-state index contributed by atoms with van der Waals surface area (Å²) >= 11 is 6.49. The van der Waals surface area contributed by atoms with Crippen LogP contribution in [0.4, 0.5) is 13.2 Å². The van der Waals surface area contributed by atoms with E-state index in [1.165, 1.54) is 0 Å². The Bertz CT molecular complexity index is 678. The van der Waals surface area contributed by atoms with Crippen LogP contribution in [0.2, 0.25) is 5.02 Å². The summed E-state index contributed by atoms with van der Waals surface area (Å²) in [7, 11) is 0. The van der Waals surface area contributed by atoms with E-state index in [9.17, 15) is 18.0 Å². The van der Waals surface area contributed by atoms with Gasteiger partial charge in [0.05, 0.1) is 10.6 Å². The number of tetrazole rings is 1. The molecule has 7 nitrogen and oxygen atoms in total. The van der Waals surface area contributed by atoms with Crippen molar-refractivity contribution in [3.05, 3.63) is 22.8 Å². The number of hydrogen-bond acceptors (Lipinski definition) is 6. The molecular weight excluding hydrogens is 335 g/mol. The van der Waals surface area contributed by atoms with Crippen molar-refractivity contribution in [1.82, 2.24) is 25.2 Å². The molecule has 0 bridgehead atoms. The number of halogens is 4. The van der Waals surface area contributed by atoms with Gasteiger partial charge in [0.25, 0.3) is 0 Å². The van der Waals surface area contributed by atoms with Gasteiger partial charge in [-0.05, 0) is 28.3 Å². The highest BCUT2D eigenvalue weighted by atomic mass is 35.5. The standard InChI is InChI=1S/C9H5ClF3N5O2S/c10-5-1-4(9(11,12)13)2-14-7(5)21-8-15-16-17-18(8)3-6(19)20/h1-2H,3H2,(H,19,20). The Kier molecular flexibility index (Phi) is 4.32. The fraction of sp³-hybridized carbons (Fsp3) is 0.222. The fourth-order valence-electron chi connectivity index (χ4n) is 1.24. The van der Waals surface area contributed by atoms with Crippen LogP contribution in [0.3, 0.4) is 0 Å². The highest BCUT2D eigenvalue weighted by molar-refractivity contribution is 7.99. The van der Waals surface area contributed by atoms with Gasteiger partial charge in [-0.1, -0.05) is 11.6 Å². The minimum absolute atomic E-state index is 0.0334. The Balaban J connectivity index is 2.25. The Morgan fingerprint density at radius 1 is 1.48 bits per heavy atom. The molecule has 0 saturated heterocycles. The monoisotopic (exact) mass is 339 g/mol. The molecule has 0 unspecified atom stereocenters. The van der Waals surface area contributed by atoms with E-state index in [-0.39, 0.29) is 15.2 Å². The van der Waals surface area contributed by atoms with E-state index in [1.807, 2.05) is 0 Å². The van der Waals surface area contributed by atoms with E-state index in [4.69, 9.17) is 16.7 Å². The third-order valence-corrected chi connectivity index (χ3v) is 3.50. The topological polar surface area (TPSA) is 93.8 Å². The van der Waals surface area contributed by atoms with E-state index in [0.717, 1.165) is 22.5 Å². The van der Waals surface area contributed by atoms with Crippen LogP contribution in [-0.2, 0) is 17.5 Å². The largest absolute Gasteiger partial charge is 0.480 e. The fourth-order valence-corrected chi connectivity index (χ4v) is 2.24.